The van der Waals surface area contributed by atoms with Gasteiger partial charge in [-0.2, -0.15) is 0 Å². The second-order valence-corrected chi connectivity index (χ2v) is 3.55. The lowest BCUT2D eigenvalue weighted by Gasteiger charge is -2.30. The van der Waals surface area contributed by atoms with E-state index in [4.69, 9.17) is 5.11 Å². The van der Waals surface area contributed by atoms with Crippen molar-refractivity contribution < 1.29 is 19.5 Å². The van der Waals surface area contributed by atoms with E-state index in [0.29, 0.717) is 12.8 Å². The van der Waals surface area contributed by atoms with Crippen LogP contribution in [-0.2, 0) is 9.63 Å². The fraction of sp³-hybridized carbons (Fsp3) is 0.750. The Morgan fingerprint density at radius 3 is 2.38 bits per heavy atom. The van der Waals surface area contributed by atoms with E-state index in [1.165, 1.54) is 5.06 Å². The number of hydrogen-bond acceptors (Lipinski definition) is 4. The molecule has 1 N–H and O–H groups in total. The van der Waals surface area contributed by atoms with Gasteiger partial charge >= 0.3 is 6.16 Å². The van der Waals surface area contributed by atoms with Crippen molar-refractivity contribution in [1.29, 1.82) is 0 Å². The van der Waals surface area contributed by atoms with Crippen molar-refractivity contribution in [3.8, 4) is 0 Å². The van der Waals surface area contributed by atoms with Crippen LogP contribution in [0.4, 0.5) is 4.79 Å². The quantitative estimate of drug-likeness (QED) is 0.654. The van der Waals surface area contributed by atoms with Crippen LogP contribution >= 0.6 is 0 Å². The molecule has 2 saturated heterocycles. The van der Waals surface area contributed by atoms with E-state index in [1.807, 2.05) is 0 Å². The molecule has 2 bridgehead atoms. The van der Waals surface area contributed by atoms with Gasteiger partial charge in [-0.1, -0.05) is 0 Å². The summed E-state index contributed by atoms with van der Waals surface area (Å²) in [5, 5.41) is 9.92. The zero-order valence-electron chi connectivity index (χ0n) is 7.10. The van der Waals surface area contributed by atoms with Gasteiger partial charge in [0.25, 0.3) is 0 Å². The zero-order chi connectivity index (χ0) is 9.42. The summed E-state index contributed by atoms with van der Waals surface area (Å²) in [4.78, 5) is 26.1. The largest absolute Gasteiger partial charge is 0.525 e. The molecular weight excluding hydrogens is 174 g/mol. The number of carbonyl (C=O) groups excluding carboxylic acids is 1. The molecule has 2 fully saturated rings. The molecule has 13 heavy (non-hydrogen) atoms. The van der Waals surface area contributed by atoms with Gasteiger partial charge in [0.15, 0.2) is 0 Å². The third-order valence-electron chi connectivity index (χ3n) is 2.66. The van der Waals surface area contributed by atoms with Gasteiger partial charge in [-0.15, -0.1) is 5.06 Å². The monoisotopic (exact) mass is 185 g/mol. The zero-order valence-corrected chi connectivity index (χ0v) is 7.10. The second kappa shape index (κ2) is 2.99. The molecule has 2 atom stereocenters. The minimum absolute atomic E-state index is 0.0117. The summed E-state index contributed by atoms with van der Waals surface area (Å²) in [6.07, 6.45) is 1.31. The van der Waals surface area contributed by atoms with Crippen molar-refractivity contribution >= 4 is 11.9 Å². The van der Waals surface area contributed by atoms with E-state index in [2.05, 4.69) is 4.84 Å². The summed E-state index contributed by atoms with van der Waals surface area (Å²) in [6.45, 7) is 0. The van der Waals surface area contributed by atoms with Gasteiger partial charge in [-0.05, 0) is 12.8 Å². The van der Waals surface area contributed by atoms with Gasteiger partial charge in [0.1, 0.15) is 5.78 Å². The molecule has 0 aliphatic carbocycles. The van der Waals surface area contributed by atoms with Gasteiger partial charge < -0.3 is 9.94 Å². The fourth-order valence-corrected chi connectivity index (χ4v) is 2.17. The molecule has 2 aliphatic rings. The highest BCUT2D eigenvalue weighted by Gasteiger charge is 2.42. The summed E-state index contributed by atoms with van der Waals surface area (Å²) >= 11 is 0. The Balaban J connectivity index is 2.06. The molecule has 0 aromatic rings. The average Bonchev–Trinajstić information content (AvgIpc) is 2.32. The number of hydroxylamine groups is 2. The SMILES string of the molecule is O=C1CC2CCC(C1)N2OC(=O)O. The predicted octanol–water partition coefficient (Wildman–Crippen LogP) is 0.792. The van der Waals surface area contributed by atoms with Crippen LogP contribution in [0.5, 0.6) is 0 Å². The minimum Gasteiger partial charge on any atom is -0.448 e. The van der Waals surface area contributed by atoms with Gasteiger partial charge in [0.05, 0.1) is 12.1 Å². The summed E-state index contributed by atoms with van der Waals surface area (Å²) in [6, 6.07) is -0.0234. The predicted molar refractivity (Wildman–Crippen MR) is 42.0 cm³/mol. The Labute approximate surface area is 75.2 Å². The Morgan fingerprint density at radius 2 is 1.92 bits per heavy atom. The number of piperidine rings is 1. The fourth-order valence-electron chi connectivity index (χ4n) is 2.17. The molecule has 0 aromatic heterocycles. The molecule has 0 radical (unpaired) electrons. The molecule has 72 valence electrons. The van der Waals surface area contributed by atoms with Crippen LogP contribution in [0.2, 0.25) is 0 Å². The normalized spacial score (nSPS) is 33.4. The van der Waals surface area contributed by atoms with Crippen molar-refractivity contribution in [3.05, 3.63) is 0 Å². The highest BCUT2D eigenvalue weighted by Crippen LogP contribution is 2.33. The second-order valence-electron chi connectivity index (χ2n) is 3.55. The standard InChI is InChI=1S/C8H11NO4/c10-7-3-5-1-2-6(4-7)9(5)13-8(11)12/h5-6H,1-4H2,(H,11,12). The first-order chi connectivity index (χ1) is 6.16. The van der Waals surface area contributed by atoms with Gasteiger partial charge in [-0.3, -0.25) is 4.79 Å². The molecule has 0 saturated carbocycles. The van der Waals surface area contributed by atoms with Crippen molar-refractivity contribution in [2.75, 3.05) is 0 Å². The van der Waals surface area contributed by atoms with Crippen LogP contribution in [-0.4, -0.2) is 34.2 Å². The number of carboxylic acid groups (broad SMARTS) is 1. The van der Waals surface area contributed by atoms with E-state index >= 15 is 0 Å². The Morgan fingerprint density at radius 1 is 1.38 bits per heavy atom. The number of fused-ring (bicyclic) bond motifs is 2. The smallest absolute Gasteiger partial charge is 0.448 e. The molecule has 0 aromatic carbocycles. The van der Waals surface area contributed by atoms with Crippen LogP contribution in [0.25, 0.3) is 0 Å². The molecular formula is C8H11NO4. The van der Waals surface area contributed by atoms with Gasteiger partial charge in [0, 0.05) is 12.8 Å². The van der Waals surface area contributed by atoms with Crippen molar-refractivity contribution in [2.24, 2.45) is 0 Å². The molecule has 5 heteroatoms. The third-order valence-corrected chi connectivity index (χ3v) is 2.66. The van der Waals surface area contributed by atoms with Crippen LogP contribution in [0, 0.1) is 0 Å². The first kappa shape index (κ1) is 8.50. The molecule has 0 spiro atoms. The van der Waals surface area contributed by atoms with Gasteiger partial charge in [0.2, 0.25) is 0 Å². The number of nitrogens with zero attached hydrogens (tertiary/aromatic N) is 1. The molecule has 2 heterocycles. The Kier molecular flexibility index (Phi) is 1.95. The summed E-state index contributed by atoms with van der Waals surface area (Å²) in [5.74, 6) is 0.220. The van der Waals surface area contributed by atoms with Crippen LogP contribution in [0.3, 0.4) is 0 Å². The summed E-state index contributed by atoms with van der Waals surface area (Å²) < 4.78 is 0. The maximum absolute atomic E-state index is 11.1. The van der Waals surface area contributed by atoms with E-state index in [1.54, 1.807) is 0 Å². The van der Waals surface area contributed by atoms with Crippen LogP contribution < -0.4 is 0 Å². The summed E-state index contributed by atoms with van der Waals surface area (Å²) in [7, 11) is 0. The lowest BCUT2D eigenvalue weighted by atomic mass is 10.0. The molecule has 2 unspecified atom stereocenters. The molecule has 2 aliphatic heterocycles. The third kappa shape index (κ3) is 1.51. The molecule has 2 rings (SSSR count). The lowest BCUT2D eigenvalue weighted by molar-refractivity contribution is -0.172. The highest BCUT2D eigenvalue weighted by atomic mass is 16.8. The number of ketones is 1. The molecule has 5 nitrogen and oxygen atoms in total. The number of rotatable bonds is 1. The van der Waals surface area contributed by atoms with Crippen molar-refractivity contribution in [3.63, 3.8) is 0 Å². The Bertz CT molecular complexity index is 237. The van der Waals surface area contributed by atoms with E-state index in [9.17, 15) is 9.59 Å². The number of Topliss-reactive ketones (excluding diaryl/α,β-unsaturated/α-hetero) is 1. The van der Waals surface area contributed by atoms with Crippen LogP contribution in [0.15, 0.2) is 0 Å². The average molecular weight is 185 g/mol. The maximum Gasteiger partial charge on any atom is 0.525 e. The van der Waals surface area contributed by atoms with Crippen LogP contribution in [0.1, 0.15) is 25.7 Å². The van der Waals surface area contributed by atoms with Crippen molar-refractivity contribution in [2.45, 2.75) is 37.8 Å². The topological polar surface area (TPSA) is 66.8 Å². The van der Waals surface area contributed by atoms with Crippen molar-refractivity contribution in [1.82, 2.24) is 5.06 Å². The first-order valence-electron chi connectivity index (χ1n) is 4.38. The Hall–Kier alpha value is -1.10. The molecule has 0 amide bonds. The minimum atomic E-state index is -1.29. The van der Waals surface area contributed by atoms with E-state index in [-0.39, 0.29) is 17.9 Å². The van der Waals surface area contributed by atoms with E-state index in [0.717, 1.165) is 12.8 Å². The lowest BCUT2D eigenvalue weighted by Crippen LogP contribution is -2.43. The number of carbonyl (C=O) groups is 2. The highest BCUT2D eigenvalue weighted by molar-refractivity contribution is 5.80. The maximum atomic E-state index is 11.1. The number of hydrogen-bond donors (Lipinski definition) is 1. The first-order valence-corrected chi connectivity index (χ1v) is 4.38. The summed E-state index contributed by atoms with van der Waals surface area (Å²) in [5.41, 5.74) is 0. The van der Waals surface area contributed by atoms with Gasteiger partial charge in [-0.25, -0.2) is 4.79 Å². The van der Waals surface area contributed by atoms with E-state index < -0.39 is 6.16 Å².